The Balaban J connectivity index is 2.11. The molecule has 1 N–H and O–H groups in total. The first kappa shape index (κ1) is 11.4. The third-order valence-electron chi connectivity index (χ3n) is 3.37. The molecule has 1 aromatic carbocycles. The van der Waals surface area contributed by atoms with E-state index in [4.69, 9.17) is 4.74 Å². The van der Waals surface area contributed by atoms with Crippen LogP contribution in [-0.4, -0.2) is 36.3 Å². The van der Waals surface area contributed by atoms with E-state index in [1.54, 1.807) is 6.07 Å². The van der Waals surface area contributed by atoms with Crippen LogP contribution in [0.5, 0.6) is 5.75 Å². The number of hydrogen-bond donors (Lipinski definition) is 1. The molecule has 2 rings (SSSR count). The van der Waals surface area contributed by atoms with Crippen molar-refractivity contribution in [2.24, 2.45) is 0 Å². The summed E-state index contributed by atoms with van der Waals surface area (Å²) in [5, 5.41) is 9.60. The molecule has 0 amide bonds. The number of phenols is 1. The summed E-state index contributed by atoms with van der Waals surface area (Å²) in [6, 6.07) is 3.81. The maximum Gasteiger partial charge on any atom is 0.118 e. The van der Waals surface area contributed by atoms with Crippen molar-refractivity contribution < 1.29 is 9.84 Å². The first-order valence-corrected chi connectivity index (χ1v) is 5.76. The van der Waals surface area contributed by atoms with Crippen LogP contribution in [0.15, 0.2) is 12.1 Å². The van der Waals surface area contributed by atoms with Crippen molar-refractivity contribution in [3.63, 3.8) is 0 Å². The standard InChI is InChI=1S/C13H19NO2/c1-10-11(2)13(15)4-3-12(10)9-14-5-7-16-8-6-14/h3-4,15H,5-9H2,1-2H3. The lowest BCUT2D eigenvalue weighted by atomic mass is 10.0. The lowest BCUT2D eigenvalue weighted by Crippen LogP contribution is -2.35. The molecule has 88 valence electrons. The third kappa shape index (κ3) is 2.36. The van der Waals surface area contributed by atoms with Crippen LogP contribution in [0.4, 0.5) is 0 Å². The van der Waals surface area contributed by atoms with Gasteiger partial charge in [-0.25, -0.2) is 0 Å². The summed E-state index contributed by atoms with van der Waals surface area (Å²) in [6.45, 7) is 8.65. The monoisotopic (exact) mass is 221 g/mol. The maximum atomic E-state index is 9.60. The van der Waals surface area contributed by atoms with Gasteiger partial charge in [0.15, 0.2) is 0 Å². The zero-order valence-corrected chi connectivity index (χ0v) is 9.99. The van der Waals surface area contributed by atoms with Gasteiger partial charge < -0.3 is 9.84 Å². The van der Waals surface area contributed by atoms with Gasteiger partial charge in [-0.3, -0.25) is 4.90 Å². The summed E-state index contributed by atoms with van der Waals surface area (Å²) in [4.78, 5) is 2.39. The average Bonchev–Trinajstić information content (AvgIpc) is 2.31. The molecule has 1 heterocycles. The van der Waals surface area contributed by atoms with Crippen molar-refractivity contribution in [2.45, 2.75) is 20.4 Å². The van der Waals surface area contributed by atoms with Gasteiger partial charge in [-0.2, -0.15) is 0 Å². The largest absolute Gasteiger partial charge is 0.508 e. The van der Waals surface area contributed by atoms with E-state index in [-0.39, 0.29) is 0 Å². The molecule has 3 nitrogen and oxygen atoms in total. The highest BCUT2D eigenvalue weighted by molar-refractivity contribution is 5.42. The fourth-order valence-electron chi connectivity index (χ4n) is 2.03. The summed E-state index contributed by atoms with van der Waals surface area (Å²) in [5.74, 6) is 0.392. The molecule has 16 heavy (non-hydrogen) atoms. The smallest absolute Gasteiger partial charge is 0.118 e. The van der Waals surface area contributed by atoms with Gasteiger partial charge in [0.05, 0.1) is 13.2 Å². The number of morpholine rings is 1. The van der Waals surface area contributed by atoms with Crippen LogP contribution in [0.2, 0.25) is 0 Å². The SMILES string of the molecule is Cc1c(O)ccc(CN2CCOCC2)c1C. The minimum absolute atomic E-state index is 0.392. The number of ether oxygens (including phenoxy) is 1. The molecule has 3 heteroatoms. The first-order valence-electron chi connectivity index (χ1n) is 5.76. The molecule has 1 aliphatic heterocycles. The van der Waals surface area contributed by atoms with Crippen molar-refractivity contribution in [1.29, 1.82) is 0 Å². The van der Waals surface area contributed by atoms with Gasteiger partial charge in [0.1, 0.15) is 5.75 Å². The lowest BCUT2D eigenvalue weighted by molar-refractivity contribution is 0.0341. The minimum Gasteiger partial charge on any atom is -0.508 e. The molecule has 0 atom stereocenters. The molecule has 0 radical (unpaired) electrons. The maximum absolute atomic E-state index is 9.60. The molecule has 0 bridgehead atoms. The number of benzene rings is 1. The Morgan fingerprint density at radius 2 is 1.88 bits per heavy atom. The van der Waals surface area contributed by atoms with E-state index in [2.05, 4.69) is 11.8 Å². The second kappa shape index (κ2) is 4.85. The fraction of sp³-hybridized carbons (Fsp3) is 0.538. The van der Waals surface area contributed by atoms with E-state index in [9.17, 15) is 5.11 Å². The highest BCUT2D eigenvalue weighted by atomic mass is 16.5. The molecular formula is C13H19NO2. The summed E-state index contributed by atoms with van der Waals surface area (Å²) < 4.78 is 5.33. The minimum atomic E-state index is 0.392. The quantitative estimate of drug-likeness (QED) is 0.827. The van der Waals surface area contributed by atoms with Crippen LogP contribution in [0.3, 0.4) is 0 Å². The summed E-state index contributed by atoms with van der Waals surface area (Å²) in [5.41, 5.74) is 3.49. The van der Waals surface area contributed by atoms with E-state index in [1.807, 2.05) is 13.0 Å². The van der Waals surface area contributed by atoms with Gasteiger partial charge in [-0.15, -0.1) is 0 Å². The van der Waals surface area contributed by atoms with Gasteiger partial charge in [0.25, 0.3) is 0 Å². The van der Waals surface area contributed by atoms with Crippen molar-refractivity contribution in [2.75, 3.05) is 26.3 Å². The summed E-state index contributed by atoms with van der Waals surface area (Å²) >= 11 is 0. The van der Waals surface area contributed by atoms with Gasteiger partial charge in [0.2, 0.25) is 0 Å². The van der Waals surface area contributed by atoms with Crippen molar-refractivity contribution in [1.82, 2.24) is 4.90 Å². The molecule has 1 aliphatic rings. The fourth-order valence-corrected chi connectivity index (χ4v) is 2.03. The van der Waals surface area contributed by atoms with E-state index in [0.29, 0.717) is 5.75 Å². The normalized spacial score (nSPS) is 17.6. The van der Waals surface area contributed by atoms with Gasteiger partial charge in [-0.05, 0) is 36.6 Å². The Kier molecular flexibility index (Phi) is 3.46. The van der Waals surface area contributed by atoms with E-state index in [1.165, 1.54) is 11.1 Å². The highest BCUT2D eigenvalue weighted by Crippen LogP contribution is 2.23. The first-order chi connectivity index (χ1) is 7.68. The van der Waals surface area contributed by atoms with E-state index < -0.39 is 0 Å². The van der Waals surface area contributed by atoms with E-state index in [0.717, 1.165) is 38.4 Å². The van der Waals surface area contributed by atoms with Crippen LogP contribution in [-0.2, 0) is 11.3 Å². The van der Waals surface area contributed by atoms with Gasteiger partial charge in [-0.1, -0.05) is 6.07 Å². The van der Waals surface area contributed by atoms with E-state index >= 15 is 0 Å². The second-order valence-electron chi connectivity index (χ2n) is 4.38. The highest BCUT2D eigenvalue weighted by Gasteiger charge is 2.13. The zero-order chi connectivity index (χ0) is 11.5. The predicted molar refractivity (Wildman–Crippen MR) is 63.7 cm³/mol. The Bertz CT molecular complexity index is 370. The average molecular weight is 221 g/mol. The van der Waals surface area contributed by atoms with Crippen molar-refractivity contribution >= 4 is 0 Å². The van der Waals surface area contributed by atoms with Crippen LogP contribution >= 0.6 is 0 Å². The molecule has 1 saturated heterocycles. The number of hydrogen-bond acceptors (Lipinski definition) is 3. The predicted octanol–water partition coefficient (Wildman–Crippen LogP) is 1.84. The van der Waals surface area contributed by atoms with Crippen LogP contribution < -0.4 is 0 Å². The molecular weight excluding hydrogens is 202 g/mol. The third-order valence-corrected chi connectivity index (χ3v) is 3.37. The Hall–Kier alpha value is -1.06. The molecule has 0 aliphatic carbocycles. The second-order valence-corrected chi connectivity index (χ2v) is 4.38. The number of nitrogens with zero attached hydrogens (tertiary/aromatic N) is 1. The number of rotatable bonds is 2. The Labute approximate surface area is 96.6 Å². The molecule has 0 saturated carbocycles. The number of phenolic OH excluding ortho intramolecular Hbond substituents is 1. The van der Waals surface area contributed by atoms with Crippen molar-refractivity contribution in [3.8, 4) is 5.75 Å². The molecule has 1 aromatic rings. The Morgan fingerprint density at radius 3 is 2.56 bits per heavy atom. The van der Waals surface area contributed by atoms with Crippen LogP contribution in [0, 0.1) is 13.8 Å². The van der Waals surface area contributed by atoms with Crippen LogP contribution in [0.1, 0.15) is 16.7 Å². The molecule has 0 spiro atoms. The molecule has 0 aromatic heterocycles. The topological polar surface area (TPSA) is 32.7 Å². The molecule has 1 fully saturated rings. The lowest BCUT2D eigenvalue weighted by Gasteiger charge is -2.27. The summed E-state index contributed by atoms with van der Waals surface area (Å²) in [6.07, 6.45) is 0. The van der Waals surface area contributed by atoms with Gasteiger partial charge >= 0.3 is 0 Å². The van der Waals surface area contributed by atoms with Gasteiger partial charge in [0, 0.05) is 19.6 Å². The number of aromatic hydroxyl groups is 1. The summed E-state index contributed by atoms with van der Waals surface area (Å²) in [7, 11) is 0. The zero-order valence-electron chi connectivity index (χ0n) is 9.99. The van der Waals surface area contributed by atoms with Crippen molar-refractivity contribution in [3.05, 3.63) is 28.8 Å². The van der Waals surface area contributed by atoms with Crippen LogP contribution in [0.25, 0.3) is 0 Å². The Morgan fingerprint density at radius 1 is 1.19 bits per heavy atom. The molecule has 0 unspecified atom stereocenters.